The van der Waals surface area contributed by atoms with E-state index < -0.39 is 0 Å². The molecule has 1 aliphatic heterocycles. The van der Waals surface area contributed by atoms with Crippen LogP contribution >= 0.6 is 0 Å². The number of amides is 1. The summed E-state index contributed by atoms with van der Waals surface area (Å²) in [6.07, 6.45) is 3.65. The molecule has 0 fully saturated rings. The quantitative estimate of drug-likeness (QED) is 0.449. The highest BCUT2D eigenvalue weighted by atomic mass is 16.1. The summed E-state index contributed by atoms with van der Waals surface area (Å²) in [5.74, 6) is -0.122. The maximum Gasteiger partial charge on any atom is 0.255 e. The van der Waals surface area contributed by atoms with Gasteiger partial charge in [0.05, 0.1) is 0 Å². The molecule has 0 saturated carbocycles. The van der Waals surface area contributed by atoms with Gasteiger partial charge in [-0.3, -0.25) is 15.0 Å². The molecule has 26 heavy (non-hydrogen) atoms. The molecule has 0 spiro atoms. The second-order valence-electron chi connectivity index (χ2n) is 6.08. The number of anilines is 1. The molecular weight excluding hydrogens is 328 g/mol. The highest BCUT2D eigenvalue weighted by molar-refractivity contribution is 6.04. The molecule has 132 valence electrons. The third-order valence-corrected chi connectivity index (χ3v) is 4.37. The minimum Gasteiger partial charge on any atom is -0.370 e. The Morgan fingerprint density at radius 3 is 2.35 bits per heavy atom. The third-order valence-electron chi connectivity index (χ3n) is 4.37. The van der Waals surface area contributed by atoms with Crippen LogP contribution in [0.5, 0.6) is 0 Å². The second-order valence-corrected chi connectivity index (χ2v) is 6.08. The van der Waals surface area contributed by atoms with Crippen molar-refractivity contribution in [1.82, 2.24) is 4.90 Å². The number of carbonyl (C=O) groups is 2. The van der Waals surface area contributed by atoms with Crippen molar-refractivity contribution in [2.75, 3.05) is 18.4 Å². The van der Waals surface area contributed by atoms with Gasteiger partial charge in [0.2, 0.25) is 0 Å². The van der Waals surface area contributed by atoms with Crippen molar-refractivity contribution in [2.45, 2.75) is 6.42 Å². The SMILES string of the molecule is N=C(N)N1CC=C(c2ccc(NC(=O)c3ccc(C=O)cc3)cc2)CC1. The van der Waals surface area contributed by atoms with Crippen LogP contribution in [0.2, 0.25) is 0 Å². The van der Waals surface area contributed by atoms with Crippen molar-refractivity contribution in [2.24, 2.45) is 5.73 Å². The lowest BCUT2D eigenvalue weighted by Gasteiger charge is -2.26. The number of hydrogen-bond donors (Lipinski definition) is 3. The van der Waals surface area contributed by atoms with Crippen LogP contribution in [-0.2, 0) is 0 Å². The van der Waals surface area contributed by atoms with Gasteiger partial charge in [-0.1, -0.05) is 30.3 Å². The molecule has 0 bridgehead atoms. The van der Waals surface area contributed by atoms with Gasteiger partial charge in [-0.05, 0) is 41.8 Å². The first kappa shape index (κ1) is 17.4. The first-order chi connectivity index (χ1) is 12.6. The smallest absolute Gasteiger partial charge is 0.255 e. The Morgan fingerprint density at radius 1 is 1.12 bits per heavy atom. The van der Waals surface area contributed by atoms with E-state index in [0.29, 0.717) is 23.4 Å². The van der Waals surface area contributed by atoms with E-state index in [1.165, 1.54) is 5.57 Å². The van der Waals surface area contributed by atoms with Gasteiger partial charge < -0.3 is 16.0 Å². The fraction of sp³-hybridized carbons (Fsp3) is 0.150. The number of guanidine groups is 1. The van der Waals surface area contributed by atoms with Gasteiger partial charge in [-0.2, -0.15) is 0 Å². The standard InChI is InChI=1S/C20H20N4O2/c21-20(22)24-11-9-16(10-12-24)15-5-7-18(8-6-15)23-19(26)17-3-1-14(13-25)2-4-17/h1-9,13H,10-12H2,(H3,21,22)(H,23,26). The van der Waals surface area contributed by atoms with Crippen molar-refractivity contribution in [3.63, 3.8) is 0 Å². The fourth-order valence-electron chi connectivity index (χ4n) is 2.83. The van der Waals surface area contributed by atoms with Gasteiger partial charge in [0.15, 0.2) is 5.96 Å². The Morgan fingerprint density at radius 2 is 1.81 bits per heavy atom. The zero-order valence-corrected chi connectivity index (χ0v) is 14.2. The van der Waals surface area contributed by atoms with Crippen LogP contribution in [0, 0.1) is 5.41 Å². The Balaban J connectivity index is 1.65. The van der Waals surface area contributed by atoms with Crippen molar-refractivity contribution in [3.05, 3.63) is 71.3 Å². The topological polar surface area (TPSA) is 99.3 Å². The number of benzene rings is 2. The summed E-state index contributed by atoms with van der Waals surface area (Å²) in [4.78, 5) is 24.7. The zero-order valence-electron chi connectivity index (χ0n) is 14.2. The first-order valence-electron chi connectivity index (χ1n) is 8.32. The highest BCUT2D eigenvalue weighted by Crippen LogP contribution is 2.23. The van der Waals surface area contributed by atoms with E-state index >= 15 is 0 Å². The summed E-state index contributed by atoms with van der Waals surface area (Å²) in [6, 6.07) is 14.2. The Hall–Kier alpha value is -3.41. The second kappa shape index (κ2) is 7.65. The third kappa shape index (κ3) is 3.97. The molecule has 0 atom stereocenters. The lowest BCUT2D eigenvalue weighted by atomic mass is 9.99. The molecule has 6 heteroatoms. The van der Waals surface area contributed by atoms with E-state index in [4.69, 9.17) is 11.1 Å². The molecule has 2 aromatic rings. The van der Waals surface area contributed by atoms with Crippen molar-refractivity contribution >= 4 is 29.4 Å². The maximum atomic E-state index is 12.3. The molecule has 3 rings (SSSR count). The molecule has 0 unspecified atom stereocenters. The summed E-state index contributed by atoms with van der Waals surface area (Å²) >= 11 is 0. The number of rotatable bonds is 4. The van der Waals surface area contributed by atoms with Gasteiger partial charge in [0.25, 0.3) is 5.91 Å². The molecule has 0 saturated heterocycles. The molecule has 1 heterocycles. The minimum atomic E-state index is -0.218. The average molecular weight is 348 g/mol. The van der Waals surface area contributed by atoms with Crippen molar-refractivity contribution in [3.8, 4) is 0 Å². The normalized spacial score (nSPS) is 13.7. The Kier molecular flexibility index (Phi) is 5.12. The van der Waals surface area contributed by atoms with Gasteiger partial charge in [-0.15, -0.1) is 0 Å². The number of nitrogens with two attached hydrogens (primary N) is 1. The van der Waals surface area contributed by atoms with Crippen molar-refractivity contribution < 1.29 is 9.59 Å². The summed E-state index contributed by atoms with van der Waals surface area (Å²) in [5.41, 5.74) is 9.56. The predicted octanol–water partition coefficient (Wildman–Crippen LogP) is 2.73. The minimum absolute atomic E-state index is 0.0968. The summed E-state index contributed by atoms with van der Waals surface area (Å²) in [6.45, 7) is 1.37. The molecule has 1 aliphatic rings. The first-order valence-corrected chi connectivity index (χ1v) is 8.32. The van der Waals surface area contributed by atoms with Crippen LogP contribution in [0.3, 0.4) is 0 Å². The van der Waals surface area contributed by atoms with Crippen LogP contribution in [-0.4, -0.2) is 36.1 Å². The van der Waals surface area contributed by atoms with E-state index in [1.54, 1.807) is 24.3 Å². The summed E-state index contributed by atoms with van der Waals surface area (Å²) in [7, 11) is 0. The zero-order chi connectivity index (χ0) is 18.5. The van der Waals surface area contributed by atoms with Crippen LogP contribution < -0.4 is 11.1 Å². The van der Waals surface area contributed by atoms with Crippen LogP contribution in [0.4, 0.5) is 5.69 Å². The molecule has 4 N–H and O–H groups in total. The number of carbonyl (C=O) groups excluding carboxylic acids is 2. The van der Waals surface area contributed by atoms with E-state index in [-0.39, 0.29) is 11.9 Å². The van der Waals surface area contributed by atoms with E-state index in [1.807, 2.05) is 29.2 Å². The molecule has 1 amide bonds. The average Bonchev–Trinajstić information content (AvgIpc) is 2.68. The van der Waals surface area contributed by atoms with Gasteiger partial charge in [-0.25, -0.2) is 0 Å². The predicted molar refractivity (Wildman–Crippen MR) is 102 cm³/mol. The summed E-state index contributed by atoms with van der Waals surface area (Å²) in [5, 5.41) is 10.3. The maximum absolute atomic E-state index is 12.3. The largest absolute Gasteiger partial charge is 0.370 e. The number of hydrogen-bond acceptors (Lipinski definition) is 3. The monoisotopic (exact) mass is 348 g/mol. The number of nitrogens with zero attached hydrogens (tertiary/aromatic N) is 1. The molecule has 0 aliphatic carbocycles. The molecular formula is C20H20N4O2. The molecule has 0 aromatic heterocycles. The van der Waals surface area contributed by atoms with Gasteiger partial charge in [0.1, 0.15) is 6.29 Å². The molecule has 6 nitrogen and oxygen atoms in total. The summed E-state index contributed by atoms with van der Waals surface area (Å²) < 4.78 is 0. The lowest BCUT2D eigenvalue weighted by Crippen LogP contribution is -2.39. The van der Waals surface area contributed by atoms with Crippen molar-refractivity contribution in [1.29, 1.82) is 5.41 Å². The number of nitrogens with one attached hydrogen (secondary N) is 2. The van der Waals surface area contributed by atoms with Gasteiger partial charge >= 0.3 is 0 Å². The van der Waals surface area contributed by atoms with E-state index in [2.05, 4.69) is 11.4 Å². The molecule has 0 radical (unpaired) electrons. The lowest BCUT2D eigenvalue weighted by molar-refractivity contribution is 0.102. The van der Waals surface area contributed by atoms with E-state index in [0.717, 1.165) is 24.8 Å². The molecule has 2 aromatic carbocycles. The van der Waals surface area contributed by atoms with E-state index in [9.17, 15) is 9.59 Å². The van der Waals surface area contributed by atoms with Crippen LogP contribution in [0.1, 0.15) is 32.7 Å². The Bertz CT molecular complexity index is 854. The Labute approximate surface area is 151 Å². The van der Waals surface area contributed by atoms with Gasteiger partial charge in [0, 0.05) is 29.9 Å². The van der Waals surface area contributed by atoms with Crippen LogP contribution in [0.25, 0.3) is 5.57 Å². The fourth-order valence-corrected chi connectivity index (χ4v) is 2.83. The highest BCUT2D eigenvalue weighted by Gasteiger charge is 2.14. The van der Waals surface area contributed by atoms with Crippen LogP contribution in [0.15, 0.2) is 54.6 Å². The number of aldehydes is 1.